The molecule has 1 saturated heterocycles. The van der Waals surface area contributed by atoms with E-state index in [1.165, 1.54) is 32.1 Å². The first-order chi connectivity index (χ1) is 7.90. The lowest BCUT2D eigenvalue weighted by atomic mass is 10.1. The SMILES string of the molecule is N#Cc1ccnc(N2CCCCCCC2)n1. The fourth-order valence-electron chi connectivity index (χ4n) is 2.01. The predicted molar refractivity (Wildman–Crippen MR) is 62.0 cm³/mol. The molecule has 0 bridgehead atoms. The van der Waals surface area contributed by atoms with Crippen LogP contribution in [0.1, 0.15) is 37.8 Å². The second-order valence-electron chi connectivity index (χ2n) is 4.11. The summed E-state index contributed by atoms with van der Waals surface area (Å²) in [7, 11) is 0. The third-order valence-electron chi connectivity index (χ3n) is 2.90. The van der Waals surface area contributed by atoms with Crippen molar-refractivity contribution in [2.75, 3.05) is 18.0 Å². The normalized spacial score (nSPS) is 17.3. The molecule has 4 heteroatoms. The van der Waals surface area contributed by atoms with E-state index in [1.807, 2.05) is 0 Å². The largest absolute Gasteiger partial charge is 0.341 e. The van der Waals surface area contributed by atoms with E-state index in [1.54, 1.807) is 12.3 Å². The van der Waals surface area contributed by atoms with Crippen molar-refractivity contribution in [1.29, 1.82) is 5.26 Å². The number of anilines is 1. The quantitative estimate of drug-likeness (QED) is 0.721. The van der Waals surface area contributed by atoms with Gasteiger partial charge in [-0.05, 0) is 18.9 Å². The Morgan fingerprint density at radius 2 is 1.81 bits per heavy atom. The van der Waals surface area contributed by atoms with Crippen molar-refractivity contribution in [3.8, 4) is 6.07 Å². The van der Waals surface area contributed by atoms with Gasteiger partial charge in [-0.25, -0.2) is 9.97 Å². The Bertz CT molecular complexity index is 375. The minimum atomic E-state index is 0.451. The van der Waals surface area contributed by atoms with Crippen molar-refractivity contribution in [2.45, 2.75) is 32.1 Å². The standard InChI is InChI=1S/C12H16N4/c13-10-11-6-7-14-12(15-11)16-8-4-2-1-3-5-9-16/h6-7H,1-5,8-9H2. The third kappa shape index (κ3) is 2.69. The van der Waals surface area contributed by atoms with Crippen molar-refractivity contribution >= 4 is 5.95 Å². The van der Waals surface area contributed by atoms with Crippen LogP contribution < -0.4 is 4.90 Å². The van der Waals surface area contributed by atoms with E-state index in [0.717, 1.165) is 13.1 Å². The zero-order valence-corrected chi connectivity index (χ0v) is 9.39. The van der Waals surface area contributed by atoms with Gasteiger partial charge >= 0.3 is 0 Å². The zero-order valence-electron chi connectivity index (χ0n) is 9.39. The lowest BCUT2D eigenvalue weighted by molar-refractivity contribution is 0.550. The predicted octanol–water partition coefficient (Wildman–Crippen LogP) is 2.12. The molecule has 4 nitrogen and oxygen atoms in total. The monoisotopic (exact) mass is 216 g/mol. The van der Waals surface area contributed by atoms with E-state index in [2.05, 4.69) is 20.9 Å². The van der Waals surface area contributed by atoms with Gasteiger partial charge in [0.1, 0.15) is 11.8 Å². The summed E-state index contributed by atoms with van der Waals surface area (Å²) in [6, 6.07) is 3.70. The van der Waals surface area contributed by atoms with Gasteiger partial charge in [0.05, 0.1) is 0 Å². The molecule has 0 unspecified atom stereocenters. The maximum Gasteiger partial charge on any atom is 0.226 e. The highest BCUT2D eigenvalue weighted by atomic mass is 15.2. The fraction of sp³-hybridized carbons (Fsp3) is 0.583. The molecular weight excluding hydrogens is 200 g/mol. The zero-order chi connectivity index (χ0) is 11.2. The van der Waals surface area contributed by atoms with E-state index >= 15 is 0 Å². The van der Waals surface area contributed by atoms with Crippen LogP contribution in [0.4, 0.5) is 5.95 Å². The van der Waals surface area contributed by atoms with Gasteiger partial charge < -0.3 is 4.90 Å². The Hall–Kier alpha value is -1.63. The molecule has 1 fully saturated rings. The average Bonchev–Trinajstić information content (AvgIpc) is 2.29. The maximum atomic E-state index is 8.80. The summed E-state index contributed by atoms with van der Waals surface area (Å²) in [6.07, 6.45) is 7.97. The van der Waals surface area contributed by atoms with E-state index in [4.69, 9.17) is 5.26 Å². The van der Waals surface area contributed by atoms with E-state index < -0.39 is 0 Å². The average molecular weight is 216 g/mol. The van der Waals surface area contributed by atoms with Gasteiger partial charge in [-0.1, -0.05) is 19.3 Å². The maximum absolute atomic E-state index is 8.80. The Morgan fingerprint density at radius 1 is 1.12 bits per heavy atom. The number of rotatable bonds is 1. The first kappa shape index (κ1) is 10.9. The molecule has 0 aromatic carbocycles. The molecular formula is C12H16N4. The van der Waals surface area contributed by atoms with Crippen LogP contribution in [-0.2, 0) is 0 Å². The summed E-state index contributed by atoms with van der Waals surface area (Å²) in [5.74, 6) is 0.709. The topological polar surface area (TPSA) is 52.8 Å². The fourth-order valence-corrected chi connectivity index (χ4v) is 2.01. The van der Waals surface area contributed by atoms with E-state index in [9.17, 15) is 0 Å². The first-order valence-corrected chi connectivity index (χ1v) is 5.88. The number of hydrogen-bond acceptors (Lipinski definition) is 4. The minimum Gasteiger partial charge on any atom is -0.341 e. The van der Waals surface area contributed by atoms with E-state index in [-0.39, 0.29) is 0 Å². The highest BCUT2D eigenvalue weighted by molar-refractivity contribution is 5.33. The molecule has 0 atom stereocenters. The minimum absolute atomic E-state index is 0.451. The smallest absolute Gasteiger partial charge is 0.226 e. The second-order valence-corrected chi connectivity index (χ2v) is 4.11. The number of nitriles is 1. The lowest BCUT2D eigenvalue weighted by Crippen LogP contribution is -2.28. The molecule has 0 amide bonds. The lowest BCUT2D eigenvalue weighted by Gasteiger charge is -2.24. The molecule has 0 spiro atoms. The van der Waals surface area contributed by atoms with Crippen molar-refractivity contribution in [3.05, 3.63) is 18.0 Å². The summed E-state index contributed by atoms with van der Waals surface area (Å²) in [6.45, 7) is 2.02. The molecule has 84 valence electrons. The molecule has 1 aliphatic rings. The van der Waals surface area contributed by atoms with Crippen LogP contribution in [0.15, 0.2) is 12.3 Å². The molecule has 2 heterocycles. The molecule has 0 aliphatic carbocycles. The van der Waals surface area contributed by atoms with E-state index in [0.29, 0.717) is 11.6 Å². The Morgan fingerprint density at radius 3 is 2.50 bits per heavy atom. The van der Waals surface area contributed by atoms with Crippen LogP contribution in [-0.4, -0.2) is 23.1 Å². The summed E-state index contributed by atoms with van der Waals surface area (Å²) in [4.78, 5) is 10.7. The molecule has 2 rings (SSSR count). The van der Waals surface area contributed by atoms with Crippen molar-refractivity contribution in [2.24, 2.45) is 0 Å². The van der Waals surface area contributed by atoms with Crippen LogP contribution in [0.25, 0.3) is 0 Å². The van der Waals surface area contributed by atoms with Gasteiger partial charge in [-0.3, -0.25) is 0 Å². The number of aromatic nitrogens is 2. The van der Waals surface area contributed by atoms with Gasteiger partial charge in [0, 0.05) is 19.3 Å². The highest BCUT2D eigenvalue weighted by Gasteiger charge is 2.11. The second kappa shape index (κ2) is 5.45. The Kier molecular flexibility index (Phi) is 3.71. The van der Waals surface area contributed by atoms with Crippen LogP contribution >= 0.6 is 0 Å². The molecule has 1 aromatic heterocycles. The van der Waals surface area contributed by atoms with Gasteiger partial charge in [0.2, 0.25) is 5.95 Å². The molecule has 0 N–H and O–H groups in total. The molecule has 16 heavy (non-hydrogen) atoms. The summed E-state index contributed by atoms with van der Waals surface area (Å²) in [5, 5.41) is 8.80. The molecule has 0 saturated carbocycles. The molecule has 0 radical (unpaired) electrons. The number of nitrogens with zero attached hydrogens (tertiary/aromatic N) is 4. The van der Waals surface area contributed by atoms with Crippen LogP contribution in [0, 0.1) is 11.3 Å². The molecule has 1 aromatic rings. The number of hydrogen-bond donors (Lipinski definition) is 0. The van der Waals surface area contributed by atoms with Crippen molar-refractivity contribution in [1.82, 2.24) is 9.97 Å². The van der Waals surface area contributed by atoms with Crippen LogP contribution in [0.3, 0.4) is 0 Å². The van der Waals surface area contributed by atoms with Crippen LogP contribution in [0.2, 0.25) is 0 Å². The van der Waals surface area contributed by atoms with Gasteiger partial charge in [-0.15, -0.1) is 0 Å². The summed E-state index contributed by atoms with van der Waals surface area (Å²) < 4.78 is 0. The highest BCUT2D eigenvalue weighted by Crippen LogP contribution is 2.15. The van der Waals surface area contributed by atoms with Gasteiger partial charge in [0.25, 0.3) is 0 Å². The Balaban J connectivity index is 2.11. The first-order valence-electron chi connectivity index (χ1n) is 5.88. The van der Waals surface area contributed by atoms with Crippen molar-refractivity contribution < 1.29 is 0 Å². The van der Waals surface area contributed by atoms with Gasteiger partial charge in [-0.2, -0.15) is 5.26 Å². The van der Waals surface area contributed by atoms with Crippen molar-refractivity contribution in [3.63, 3.8) is 0 Å². The summed E-state index contributed by atoms with van der Waals surface area (Å²) in [5.41, 5.74) is 0.451. The summed E-state index contributed by atoms with van der Waals surface area (Å²) >= 11 is 0. The van der Waals surface area contributed by atoms with Crippen LogP contribution in [0.5, 0.6) is 0 Å². The van der Waals surface area contributed by atoms with Gasteiger partial charge in [0.15, 0.2) is 0 Å². The third-order valence-corrected chi connectivity index (χ3v) is 2.90. The molecule has 1 aliphatic heterocycles. The Labute approximate surface area is 95.9 Å².